The molecular formula is C15H29N. The van der Waals surface area contributed by atoms with Gasteiger partial charge in [-0.1, -0.05) is 39.3 Å². The summed E-state index contributed by atoms with van der Waals surface area (Å²) in [5.41, 5.74) is 1.44. The summed E-state index contributed by atoms with van der Waals surface area (Å²) < 4.78 is 0. The van der Waals surface area contributed by atoms with Crippen LogP contribution in [0.4, 0.5) is 0 Å². The SMILES string of the molecule is C=C(CC1CN(C(C)C)CC1CC)C(C)C. The first-order valence-electron chi connectivity index (χ1n) is 6.87. The Hall–Kier alpha value is -0.300. The molecule has 94 valence electrons. The summed E-state index contributed by atoms with van der Waals surface area (Å²) in [6.45, 7) is 18.3. The van der Waals surface area contributed by atoms with Gasteiger partial charge in [0.1, 0.15) is 0 Å². The number of rotatable bonds is 5. The first-order valence-corrected chi connectivity index (χ1v) is 6.87. The molecule has 0 spiro atoms. The third kappa shape index (κ3) is 3.35. The van der Waals surface area contributed by atoms with Crippen LogP contribution in [0.15, 0.2) is 12.2 Å². The monoisotopic (exact) mass is 223 g/mol. The molecule has 0 bridgehead atoms. The third-order valence-electron chi connectivity index (χ3n) is 4.20. The minimum atomic E-state index is 0.644. The van der Waals surface area contributed by atoms with Crippen LogP contribution in [0.3, 0.4) is 0 Å². The van der Waals surface area contributed by atoms with Crippen molar-refractivity contribution in [1.82, 2.24) is 4.90 Å². The lowest BCUT2D eigenvalue weighted by Crippen LogP contribution is -2.28. The normalized spacial score (nSPS) is 26.9. The lowest BCUT2D eigenvalue weighted by molar-refractivity contribution is 0.260. The van der Waals surface area contributed by atoms with E-state index in [0.717, 1.165) is 11.8 Å². The molecule has 1 fully saturated rings. The maximum Gasteiger partial charge on any atom is 0.00388 e. The fourth-order valence-electron chi connectivity index (χ4n) is 2.66. The molecule has 0 saturated carbocycles. The average Bonchev–Trinajstić information content (AvgIpc) is 2.60. The van der Waals surface area contributed by atoms with Gasteiger partial charge in [-0.2, -0.15) is 0 Å². The van der Waals surface area contributed by atoms with Gasteiger partial charge in [0.05, 0.1) is 0 Å². The molecule has 0 amide bonds. The number of allylic oxidation sites excluding steroid dienone is 1. The van der Waals surface area contributed by atoms with Crippen molar-refractivity contribution in [2.45, 2.75) is 53.5 Å². The highest BCUT2D eigenvalue weighted by Gasteiger charge is 2.32. The van der Waals surface area contributed by atoms with E-state index < -0.39 is 0 Å². The molecule has 1 aliphatic heterocycles. The van der Waals surface area contributed by atoms with Crippen LogP contribution in [0.5, 0.6) is 0 Å². The predicted molar refractivity (Wildman–Crippen MR) is 72.6 cm³/mol. The highest BCUT2D eigenvalue weighted by atomic mass is 15.2. The van der Waals surface area contributed by atoms with Gasteiger partial charge in [-0.25, -0.2) is 0 Å². The Labute approximate surface area is 102 Å². The van der Waals surface area contributed by atoms with Crippen LogP contribution >= 0.6 is 0 Å². The van der Waals surface area contributed by atoms with Crippen LogP contribution in [0.2, 0.25) is 0 Å². The van der Waals surface area contributed by atoms with Crippen molar-refractivity contribution in [3.8, 4) is 0 Å². The van der Waals surface area contributed by atoms with Gasteiger partial charge in [0.25, 0.3) is 0 Å². The molecule has 2 atom stereocenters. The third-order valence-corrected chi connectivity index (χ3v) is 4.20. The molecule has 1 aliphatic rings. The summed E-state index contributed by atoms with van der Waals surface area (Å²) in [6.07, 6.45) is 2.55. The smallest absolute Gasteiger partial charge is 0.00388 e. The Balaban J connectivity index is 2.55. The van der Waals surface area contributed by atoms with Crippen molar-refractivity contribution in [1.29, 1.82) is 0 Å². The topological polar surface area (TPSA) is 3.24 Å². The minimum absolute atomic E-state index is 0.644. The van der Waals surface area contributed by atoms with Gasteiger partial charge in [-0.05, 0) is 38.0 Å². The molecule has 0 aromatic rings. The molecular weight excluding hydrogens is 194 g/mol. The van der Waals surface area contributed by atoms with Gasteiger partial charge in [0, 0.05) is 19.1 Å². The van der Waals surface area contributed by atoms with Gasteiger partial charge in [0.15, 0.2) is 0 Å². The second kappa shape index (κ2) is 5.86. The zero-order chi connectivity index (χ0) is 12.3. The predicted octanol–water partition coefficient (Wildman–Crippen LogP) is 3.96. The molecule has 0 radical (unpaired) electrons. The van der Waals surface area contributed by atoms with Crippen LogP contribution in [-0.4, -0.2) is 24.0 Å². The van der Waals surface area contributed by atoms with Gasteiger partial charge in [-0.15, -0.1) is 0 Å². The van der Waals surface area contributed by atoms with Gasteiger partial charge in [0.2, 0.25) is 0 Å². The maximum absolute atomic E-state index is 4.24. The van der Waals surface area contributed by atoms with Crippen molar-refractivity contribution >= 4 is 0 Å². The Kier molecular flexibility index (Phi) is 5.04. The van der Waals surface area contributed by atoms with Crippen LogP contribution in [-0.2, 0) is 0 Å². The van der Waals surface area contributed by atoms with Crippen LogP contribution in [0, 0.1) is 17.8 Å². The van der Waals surface area contributed by atoms with E-state index in [9.17, 15) is 0 Å². The van der Waals surface area contributed by atoms with Crippen molar-refractivity contribution < 1.29 is 0 Å². The second-order valence-corrected chi connectivity index (χ2v) is 5.99. The molecule has 0 aliphatic carbocycles. The fraction of sp³-hybridized carbons (Fsp3) is 0.867. The van der Waals surface area contributed by atoms with Crippen molar-refractivity contribution in [3.63, 3.8) is 0 Å². The summed E-state index contributed by atoms with van der Waals surface area (Å²) >= 11 is 0. The quantitative estimate of drug-likeness (QED) is 0.638. The van der Waals surface area contributed by atoms with Gasteiger partial charge < -0.3 is 4.90 Å². The molecule has 0 aromatic carbocycles. The molecule has 16 heavy (non-hydrogen) atoms. The number of likely N-dealkylation sites (tertiary alicyclic amines) is 1. The largest absolute Gasteiger partial charge is 0.300 e. The number of nitrogens with zero attached hydrogens (tertiary/aromatic N) is 1. The van der Waals surface area contributed by atoms with E-state index in [1.54, 1.807) is 0 Å². The van der Waals surface area contributed by atoms with E-state index in [4.69, 9.17) is 0 Å². The molecule has 1 rings (SSSR count). The summed E-state index contributed by atoms with van der Waals surface area (Å²) in [6, 6.07) is 0.700. The second-order valence-electron chi connectivity index (χ2n) is 5.99. The Morgan fingerprint density at radius 3 is 2.19 bits per heavy atom. The molecule has 1 nitrogen and oxygen atoms in total. The Morgan fingerprint density at radius 2 is 1.75 bits per heavy atom. The van der Waals surface area contributed by atoms with Gasteiger partial charge in [-0.3, -0.25) is 0 Å². The highest BCUT2D eigenvalue weighted by Crippen LogP contribution is 2.33. The molecule has 1 heterocycles. The summed E-state index contributed by atoms with van der Waals surface area (Å²) in [5, 5.41) is 0. The molecule has 2 unspecified atom stereocenters. The van der Waals surface area contributed by atoms with E-state index in [2.05, 4.69) is 46.1 Å². The standard InChI is InChI=1S/C15H29N/c1-7-14-9-16(12(4)5)10-15(14)8-13(6)11(2)3/h11-12,14-15H,6-10H2,1-5H3. The van der Waals surface area contributed by atoms with E-state index in [1.807, 2.05) is 0 Å². The van der Waals surface area contributed by atoms with E-state index in [1.165, 1.54) is 31.5 Å². The zero-order valence-corrected chi connectivity index (χ0v) is 11.8. The van der Waals surface area contributed by atoms with Crippen LogP contribution < -0.4 is 0 Å². The zero-order valence-electron chi connectivity index (χ0n) is 11.8. The number of hydrogen-bond donors (Lipinski definition) is 0. The molecule has 1 heteroatoms. The summed E-state index contributed by atoms with van der Waals surface area (Å²) in [7, 11) is 0. The van der Waals surface area contributed by atoms with Crippen LogP contribution in [0.25, 0.3) is 0 Å². The Morgan fingerprint density at radius 1 is 1.19 bits per heavy atom. The fourth-order valence-corrected chi connectivity index (χ4v) is 2.66. The van der Waals surface area contributed by atoms with Crippen LogP contribution in [0.1, 0.15) is 47.5 Å². The van der Waals surface area contributed by atoms with Crippen molar-refractivity contribution in [2.24, 2.45) is 17.8 Å². The highest BCUT2D eigenvalue weighted by molar-refractivity contribution is 5.02. The molecule has 1 saturated heterocycles. The van der Waals surface area contributed by atoms with Crippen molar-refractivity contribution in [3.05, 3.63) is 12.2 Å². The average molecular weight is 223 g/mol. The van der Waals surface area contributed by atoms with E-state index in [0.29, 0.717) is 12.0 Å². The Bertz CT molecular complexity index is 230. The first kappa shape index (κ1) is 13.8. The van der Waals surface area contributed by atoms with E-state index >= 15 is 0 Å². The molecule has 0 aromatic heterocycles. The maximum atomic E-state index is 4.24. The minimum Gasteiger partial charge on any atom is -0.300 e. The van der Waals surface area contributed by atoms with E-state index in [-0.39, 0.29) is 0 Å². The first-order chi connectivity index (χ1) is 7.45. The molecule has 0 N–H and O–H groups in total. The van der Waals surface area contributed by atoms with Crippen molar-refractivity contribution in [2.75, 3.05) is 13.1 Å². The summed E-state index contributed by atoms with van der Waals surface area (Å²) in [5.74, 6) is 2.38. The number of hydrogen-bond acceptors (Lipinski definition) is 1. The lowest BCUT2D eigenvalue weighted by Gasteiger charge is -2.21. The van der Waals surface area contributed by atoms with Gasteiger partial charge >= 0.3 is 0 Å². The lowest BCUT2D eigenvalue weighted by atomic mass is 9.85. The summed E-state index contributed by atoms with van der Waals surface area (Å²) in [4.78, 5) is 2.63.